The fourth-order valence-electron chi connectivity index (χ4n) is 2.31. The van der Waals surface area contributed by atoms with Gasteiger partial charge in [0.1, 0.15) is 0 Å². The van der Waals surface area contributed by atoms with Crippen LogP contribution in [-0.4, -0.2) is 35.1 Å². The van der Waals surface area contributed by atoms with Crippen molar-refractivity contribution in [2.24, 2.45) is 0 Å². The molecule has 1 amide bonds. The highest BCUT2D eigenvalue weighted by Gasteiger charge is 2.26. The van der Waals surface area contributed by atoms with Gasteiger partial charge in [-0.1, -0.05) is 0 Å². The maximum absolute atomic E-state index is 12.3. The van der Waals surface area contributed by atoms with Crippen LogP contribution in [0.5, 0.6) is 0 Å². The average Bonchev–Trinajstić information content (AvgIpc) is 2.46. The quantitative estimate of drug-likeness (QED) is 0.858. The first-order chi connectivity index (χ1) is 8.76. The Bertz CT molecular complexity index is 462. The first kappa shape index (κ1) is 12.6. The molecule has 0 saturated carbocycles. The van der Waals surface area contributed by atoms with Crippen LogP contribution in [0, 0.1) is 11.3 Å². The van der Waals surface area contributed by atoms with Gasteiger partial charge >= 0.3 is 0 Å². The van der Waals surface area contributed by atoms with Crippen molar-refractivity contribution in [3.63, 3.8) is 0 Å². The second kappa shape index (κ2) is 5.65. The number of rotatable bonds is 2. The molecule has 1 unspecified atom stereocenters. The summed E-state index contributed by atoms with van der Waals surface area (Å²) in [7, 11) is 0. The predicted octanol–water partition coefficient (Wildman–Crippen LogP) is 1.55. The molecule has 1 saturated heterocycles. The normalized spacial score (nSPS) is 19.3. The highest BCUT2D eigenvalue weighted by molar-refractivity contribution is 5.94. The van der Waals surface area contributed by atoms with Crippen molar-refractivity contribution in [2.45, 2.75) is 25.3 Å². The third kappa shape index (κ3) is 2.52. The zero-order valence-corrected chi connectivity index (χ0v) is 10.2. The summed E-state index contributed by atoms with van der Waals surface area (Å²) in [6.45, 7) is 0.714. The van der Waals surface area contributed by atoms with Gasteiger partial charge in [0, 0.05) is 12.1 Å². The molecule has 0 spiro atoms. The van der Waals surface area contributed by atoms with Crippen LogP contribution in [-0.2, 0) is 0 Å². The van der Waals surface area contributed by atoms with Gasteiger partial charge in [-0.3, -0.25) is 4.79 Å². The first-order valence-electron chi connectivity index (χ1n) is 6.18. The van der Waals surface area contributed by atoms with E-state index in [1.54, 1.807) is 29.2 Å². The van der Waals surface area contributed by atoms with Gasteiger partial charge in [0.05, 0.1) is 24.3 Å². The van der Waals surface area contributed by atoms with E-state index in [4.69, 9.17) is 5.26 Å². The smallest absolute Gasteiger partial charge is 0.254 e. The Hall–Kier alpha value is -1.86. The third-order valence-electron chi connectivity index (χ3n) is 3.36. The molecule has 4 heteroatoms. The Morgan fingerprint density at radius 3 is 2.72 bits per heavy atom. The summed E-state index contributed by atoms with van der Waals surface area (Å²) < 4.78 is 0. The fraction of sp³-hybridized carbons (Fsp3) is 0.429. The second-order valence-corrected chi connectivity index (χ2v) is 4.52. The number of nitrogens with zero attached hydrogens (tertiary/aromatic N) is 2. The highest BCUT2D eigenvalue weighted by Crippen LogP contribution is 2.19. The molecule has 1 aromatic rings. The lowest BCUT2D eigenvalue weighted by Crippen LogP contribution is -2.45. The summed E-state index contributed by atoms with van der Waals surface area (Å²) in [6, 6.07) is 8.59. The number of aliphatic hydroxyl groups excluding tert-OH is 1. The van der Waals surface area contributed by atoms with Crippen molar-refractivity contribution in [3.05, 3.63) is 35.4 Å². The van der Waals surface area contributed by atoms with E-state index in [2.05, 4.69) is 0 Å². The van der Waals surface area contributed by atoms with Gasteiger partial charge in [0.2, 0.25) is 0 Å². The van der Waals surface area contributed by atoms with Crippen molar-refractivity contribution in [1.29, 1.82) is 5.26 Å². The molecule has 0 bridgehead atoms. The van der Waals surface area contributed by atoms with E-state index >= 15 is 0 Å². The Labute approximate surface area is 106 Å². The highest BCUT2D eigenvalue weighted by atomic mass is 16.3. The van der Waals surface area contributed by atoms with Crippen LogP contribution < -0.4 is 0 Å². The van der Waals surface area contributed by atoms with Gasteiger partial charge in [-0.2, -0.15) is 5.26 Å². The number of amides is 1. The van der Waals surface area contributed by atoms with Gasteiger partial charge in [-0.15, -0.1) is 0 Å². The number of carbonyl (C=O) groups is 1. The Morgan fingerprint density at radius 2 is 2.11 bits per heavy atom. The molecule has 4 nitrogen and oxygen atoms in total. The molecule has 1 aliphatic heterocycles. The number of hydrogen-bond acceptors (Lipinski definition) is 3. The van der Waals surface area contributed by atoms with Crippen molar-refractivity contribution in [3.8, 4) is 6.07 Å². The van der Waals surface area contributed by atoms with Gasteiger partial charge in [0.15, 0.2) is 0 Å². The van der Waals surface area contributed by atoms with E-state index in [-0.39, 0.29) is 18.6 Å². The number of piperidine rings is 1. The van der Waals surface area contributed by atoms with Crippen LogP contribution in [0.3, 0.4) is 0 Å². The minimum atomic E-state index is -0.0677. The summed E-state index contributed by atoms with van der Waals surface area (Å²) in [5.74, 6) is -0.0572. The van der Waals surface area contributed by atoms with Crippen LogP contribution in [0.15, 0.2) is 24.3 Å². The number of carbonyl (C=O) groups excluding carboxylic acids is 1. The van der Waals surface area contributed by atoms with Crippen LogP contribution >= 0.6 is 0 Å². The van der Waals surface area contributed by atoms with Crippen LogP contribution in [0.25, 0.3) is 0 Å². The minimum Gasteiger partial charge on any atom is -0.394 e. The molecule has 2 rings (SSSR count). The average molecular weight is 244 g/mol. The zero-order chi connectivity index (χ0) is 13.0. The Kier molecular flexibility index (Phi) is 3.96. The molecule has 94 valence electrons. The van der Waals surface area contributed by atoms with Crippen molar-refractivity contribution in [1.82, 2.24) is 4.90 Å². The number of nitriles is 1. The van der Waals surface area contributed by atoms with Gasteiger partial charge in [-0.25, -0.2) is 0 Å². The molecule has 0 aliphatic carbocycles. The summed E-state index contributed by atoms with van der Waals surface area (Å²) in [4.78, 5) is 14.0. The molecule has 1 N–H and O–H groups in total. The molecular weight excluding hydrogens is 228 g/mol. The monoisotopic (exact) mass is 244 g/mol. The van der Waals surface area contributed by atoms with Gasteiger partial charge < -0.3 is 10.0 Å². The maximum atomic E-state index is 12.3. The number of benzene rings is 1. The molecule has 1 heterocycles. The van der Waals surface area contributed by atoms with Crippen LogP contribution in [0.1, 0.15) is 35.2 Å². The van der Waals surface area contributed by atoms with Crippen LogP contribution in [0.2, 0.25) is 0 Å². The van der Waals surface area contributed by atoms with Crippen molar-refractivity contribution < 1.29 is 9.90 Å². The lowest BCUT2D eigenvalue weighted by Gasteiger charge is -2.34. The largest absolute Gasteiger partial charge is 0.394 e. The van der Waals surface area contributed by atoms with E-state index in [0.29, 0.717) is 17.7 Å². The first-order valence-corrected chi connectivity index (χ1v) is 6.18. The standard InChI is InChI=1S/C14H16N2O2/c15-9-11-4-6-12(7-5-11)14(18)16-8-2-1-3-13(16)10-17/h4-7,13,17H,1-3,8,10H2. The molecule has 1 atom stereocenters. The molecular formula is C14H16N2O2. The number of hydrogen-bond donors (Lipinski definition) is 1. The zero-order valence-electron chi connectivity index (χ0n) is 10.2. The summed E-state index contributed by atoms with van der Waals surface area (Å²) in [6.07, 6.45) is 2.90. The SMILES string of the molecule is N#Cc1ccc(C(=O)N2CCCCC2CO)cc1. The molecule has 0 aromatic heterocycles. The van der Waals surface area contributed by atoms with E-state index in [9.17, 15) is 9.90 Å². The van der Waals surface area contributed by atoms with E-state index in [1.807, 2.05) is 6.07 Å². The maximum Gasteiger partial charge on any atom is 0.254 e. The summed E-state index contributed by atoms with van der Waals surface area (Å²) in [5.41, 5.74) is 1.12. The molecule has 1 aliphatic rings. The van der Waals surface area contributed by atoms with Gasteiger partial charge in [0.25, 0.3) is 5.91 Å². The molecule has 0 radical (unpaired) electrons. The third-order valence-corrected chi connectivity index (χ3v) is 3.36. The van der Waals surface area contributed by atoms with Crippen molar-refractivity contribution in [2.75, 3.05) is 13.2 Å². The second-order valence-electron chi connectivity index (χ2n) is 4.52. The predicted molar refractivity (Wildman–Crippen MR) is 66.9 cm³/mol. The van der Waals surface area contributed by atoms with E-state index in [0.717, 1.165) is 19.3 Å². The van der Waals surface area contributed by atoms with Crippen LogP contribution in [0.4, 0.5) is 0 Å². The van der Waals surface area contributed by atoms with E-state index < -0.39 is 0 Å². The fourth-order valence-corrected chi connectivity index (χ4v) is 2.31. The summed E-state index contributed by atoms with van der Waals surface area (Å²) in [5, 5.41) is 18.0. The molecule has 1 fully saturated rings. The number of aliphatic hydroxyl groups is 1. The van der Waals surface area contributed by atoms with Gasteiger partial charge in [-0.05, 0) is 43.5 Å². The molecule has 18 heavy (non-hydrogen) atoms. The lowest BCUT2D eigenvalue weighted by molar-refractivity contribution is 0.0503. The molecule has 1 aromatic carbocycles. The topological polar surface area (TPSA) is 64.3 Å². The van der Waals surface area contributed by atoms with Crippen molar-refractivity contribution >= 4 is 5.91 Å². The van der Waals surface area contributed by atoms with E-state index in [1.165, 1.54) is 0 Å². The number of likely N-dealkylation sites (tertiary alicyclic amines) is 1. The Morgan fingerprint density at radius 1 is 1.39 bits per heavy atom. The Balaban J connectivity index is 2.16. The summed E-state index contributed by atoms with van der Waals surface area (Å²) >= 11 is 0. The minimum absolute atomic E-state index is 0.0159. The lowest BCUT2D eigenvalue weighted by atomic mass is 10.0.